The molecule has 0 spiro atoms. The van der Waals surface area contributed by atoms with Gasteiger partial charge in [-0.25, -0.2) is 4.98 Å². The highest BCUT2D eigenvalue weighted by atomic mass is 16.5. The molecular formula is C8H10N4O. The molecule has 5 nitrogen and oxygen atoms in total. The molecular weight excluding hydrogens is 168 g/mol. The number of hydrogen-bond donors (Lipinski definition) is 0. The summed E-state index contributed by atoms with van der Waals surface area (Å²) >= 11 is 0. The van der Waals surface area contributed by atoms with E-state index in [1.54, 1.807) is 4.90 Å². The number of rotatable bonds is 2. The Hall–Kier alpha value is -1.83. The van der Waals surface area contributed by atoms with Gasteiger partial charge in [0.25, 0.3) is 0 Å². The van der Waals surface area contributed by atoms with E-state index in [4.69, 9.17) is 10.00 Å². The molecule has 0 aliphatic carbocycles. The van der Waals surface area contributed by atoms with E-state index < -0.39 is 0 Å². The van der Waals surface area contributed by atoms with Gasteiger partial charge in [-0.2, -0.15) is 10.2 Å². The minimum absolute atomic E-state index is 0.307. The molecule has 13 heavy (non-hydrogen) atoms. The third-order valence-electron chi connectivity index (χ3n) is 1.45. The van der Waals surface area contributed by atoms with Gasteiger partial charge >= 0.3 is 0 Å². The van der Waals surface area contributed by atoms with Crippen molar-refractivity contribution in [3.8, 4) is 11.9 Å². The highest BCUT2D eigenvalue weighted by molar-refractivity contribution is 5.41. The van der Waals surface area contributed by atoms with Crippen LogP contribution in [-0.4, -0.2) is 31.2 Å². The van der Waals surface area contributed by atoms with Crippen LogP contribution in [0.4, 0.5) is 5.95 Å². The lowest BCUT2D eigenvalue weighted by Gasteiger charge is -2.10. The molecule has 5 heteroatoms. The number of anilines is 1. The Morgan fingerprint density at radius 1 is 1.54 bits per heavy atom. The number of aromatic nitrogens is 2. The summed E-state index contributed by atoms with van der Waals surface area (Å²) in [4.78, 5) is 9.74. The largest absolute Gasteiger partial charge is 0.480 e. The van der Waals surface area contributed by atoms with Crippen LogP contribution < -0.4 is 9.64 Å². The van der Waals surface area contributed by atoms with Crippen molar-refractivity contribution < 1.29 is 4.74 Å². The fourth-order valence-corrected chi connectivity index (χ4v) is 0.805. The average Bonchev–Trinajstić information content (AvgIpc) is 2.16. The Morgan fingerprint density at radius 3 is 2.69 bits per heavy atom. The van der Waals surface area contributed by atoms with Gasteiger partial charge in [-0.05, 0) is 0 Å². The SMILES string of the molecule is COc1nc(N(C)C)ncc1C#N. The van der Waals surface area contributed by atoms with Crippen molar-refractivity contribution >= 4 is 5.95 Å². The Labute approximate surface area is 76.6 Å². The third kappa shape index (κ3) is 1.85. The molecule has 0 bridgehead atoms. The van der Waals surface area contributed by atoms with E-state index in [-0.39, 0.29) is 0 Å². The van der Waals surface area contributed by atoms with Crippen LogP contribution in [-0.2, 0) is 0 Å². The lowest BCUT2D eigenvalue weighted by molar-refractivity contribution is 0.395. The second kappa shape index (κ2) is 3.72. The topological polar surface area (TPSA) is 62.0 Å². The van der Waals surface area contributed by atoms with Crippen molar-refractivity contribution in [2.75, 3.05) is 26.1 Å². The zero-order valence-corrected chi connectivity index (χ0v) is 7.77. The van der Waals surface area contributed by atoms with Gasteiger partial charge in [0, 0.05) is 14.1 Å². The lowest BCUT2D eigenvalue weighted by atomic mass is 10.3. The van der Waals surface area contributed by atoms with Crippen LogP contribution in [0.2, 0.25) is 0 Å². The van der Waals surface area contributed by atoms with Gasteiger partial charge in [0.1, 0.15) is 11.6 Å². The fraction of sp³-hybridized carbons (Fsp3) is 0.375. The summed E-state index contributed by atoms with van der Waals surface area (Å²) in [6.45, 7) is 0. The van der Waals surface area contributed by atoms with Crippen molar-refractivity contribution in [1.29, 1.82) is 5.26 Å². The standard InChI is InChI=1S/C8H10N4O/c1-12(2)8-10-5-6(4-9)7(11-8)13-3/h5H,1-3H3. The number of nitrogens with zero attached hydrogens (tertiary/aromatic N) is 4. The highest BCUT2D eigenvalue weighted by Crippen LogP contribution is 2.15. The van der Waals surface area contributed by atoms with Gasteiger partial charge in [0.15, 0.2) is 0 Å². The van der Waals surface area contributed by atoms with E-state index in [0.29, 0.717) is 17.4 Å². The zero-order chi connectivity index (χ0) is 9.84. The molecule has 1 rings (SSSR count). The van der Waals surface area contributed by atoms with E-state index >= 15 is 0 Å². The van der Waals surface area contributed by atoms with E-state index in [1.807, 2.05) is 20.2 Å². The van der Waals surface area contributed by atoms with Crippen LogP contribution in [0.3, 0.4) is 0 Å². The predicted octanol–water partition coefficient (Wildman–Crippen LogP) is 0.423. The van der Waals surface area contributed by atoms with Crippen molar-refractivity contribution in [3.05, 3.63) is 11.8 Å². The molecule has 0 atom stereocenters. The summed E-state index contributed by atoms with van der Waals surface area (Å²) in [5.41, 5.74) is 0.341. The second-order valence-electron chi connectivity index (χ2n) is 2.60. The highest BCUT2D eigenvalue weighted by Gasteiger charge is 2.07. The summed E-state index contributed by atoms with van der Waals surface area (Å²) in [6, 6.07) is 1.94. The molecule has 1 heterocycles. The monoisotopic (exact) mass is 178 g/mol. The first-order valence-electron chi connectivity index (χ1n) is 3.67. The predicted molar refractivity (Wildman–Crippen MR) is 47.6 cm³/mol. The molecule has 68 valence electrons. The minimum Gasteiger partial charge on any atom is -0.480 e. The van der Waals surface area contributed by atoms with Crippen LogP contribution in [0.25, 0.3) is 0 Å². The van der Waals surface area contributed by atoms with Crippen molar-refractivity contribution in [2.45, 2.75) is 0 Å². The number of ether oxygens (including phenoxy) is 1. The Bertz CT molecular complexity index is 342. The summed E-state index contributed by atoms with van der Waals surface area (Å²) in [7, 11) is 5.12. The molecule has 0 aromatic carbocycles. The lowest BCUT2D eigenvalue weighted by Crippen LogP contribution is -2.13. The Kier molecular flexibility index (Phi) is 2.65. The maximum Gasteiger partial charge on any atom is 0.236 e. The fourth-order valence-electron chi connectivity index (χ4n) is 0.805. The van der Waals surface area contributed by atoms with Crippen LogP contribution in [0, 0.1) is 11.3 Å². The molecule has 0 N–H and O–H groups in total. The summed E-state index contributed by atoms with van der Waals surface area (Å²) in [6.07, 6.45) is 1.45. The first kappa shape index (κ1) is 9.26. The molecule has 0 unspecified atom stereocenters. The summed E-state index contributed by atoms with van der Waals surface area (Å²) < 4.78 is 4.93. The van der Waals surface area contributed by atoms with Gasteiger partial charge in [0.05, 0.1) is 13.3 Å². The van der Waals surface area contributed by atoms with Gasteiger partial charge in [-0.1, -0.05) is 0 Å². The van der Waals surface area contributed by atoms with E-state index in [9.17, 15) is 0 Å². The van der Waals surface area contributed by atoms with Crippen LogP contribution in [0.1, 0.15) is 5.56 Å². The van der Waals surface area contributed by atoms with Gasteiger partial charge in [-0.15, -0.1) is 0 Å². The van der Waals surface area contributed by atoms with Gasteiger partial charge in [-0.3, -0.25) is 0 Å². The van der Waals surface area contributed by atoms with Gasteiger partial charge < -0.3 is 9.64 Å². The molecule has 1 aromatic heterocycles. The molecule has 0 amide bonds. The maximum atomic E-state index is 8.66. The van der Waals surface area contributed by atoms with Crippen molar-refractivity contribution in [3.63, 3.8) is 0 Å². The normalized spacial score (nSPS) is 9.08. The Balaban J connectivity index is 3.15. The van der Waals surface area contributed by atoms with Crippen LogP contribution in [0.15, 0.2) is 6.20 Å². The van der Waals surface area contributed by atoms with Crippen LogP contribution >= 0.6 is 0 Å². The van der Waals surface area contributed by atoms with E-state index in [1.165, 1.54) is 13.3 Å². The average molecular weight is 178 g/mol. The molecule has 0 saturated heterocycles. The Morgan fingerprint density at radius 2 is 2.23 bits per heavy atom. The summed E-state index contributed by atoms with van der Waals surface area (Å²) in [5, 5.41) is 8.66. The molecule has 0 aliphatic heterocycles. The van der Waals surface area contributed by atoms with Crippen molar-refractivity contribution in [2.24, 2.45) is 0 Å². The third-order valence-corrected chi connectivity index (χ3v) is 1.45. The smallest absolute Gasteiger partial charge is 0.236 e. The van der Waals surface area contributed by atoms with Gasteiger partial charge in [0.2, 0.25) is 11.8 Å². The first-order valence-corrected chi connectivity index (χ1v) is 3.67. The second-order valence-corrected chi connectivity index (χ2v) is 2.60. The number of hydrogen-bond acceptors (Lipinski definition) is 5. The molecule has 0 fully saturated rings. The maximum absolute atomic E-state index is 8.66. The zero-order valence-electron chi connectivity index (χ0n) is 7.77. The summed E-state index contributed by atoms with van der Waals surface area (Å²) in [5.74, 6) is 0.831. The molecule has 0 radical (unpaired) electrons. The quantitative estimate of drug-likeness (QED) is 0.656. The number of methoxy groups -OCH3 is 1. The molecule has 0 saturated carbocycles. The van der Waals surface area contributed by atoms with Crippen molar-refractivity contribution in [1.82, 2.24) is 9.97 Å². The molecule has 0 aliphatic rings. The van der Waals surface area contributed by atoms with Crippen LogP contribution in [0.5, 0.6) is 5.88 Å². The minimum atomic E-state index is 0.307. The number of nitriles is 1. The van der Waals surface area contributed by atoms with E-state index in [0.717, 1.165) is 0 Å². The molecule has 1 aromatic rings. The van der Waals surface area contributed by atoms with E-state index in [2.05, 4.69) is 9.97 Å². The first-order chi connectivity index (χ1) is 6.19.